The van der Waals surface area contributed by atoms with Crippen LogP contribution >= 0.6 is 11.3 Å². The summed E-state index contributed by atoms with van der Waals surface area (Å²) < 4.78 is 0. The molecule has 0 aliphatic rings. The van der Waals surface area contributed by atoms with Gasteiger partial charge in [-0.15, -0.1) is 11.3 Å². The highest BCUT2D eigenvalue weighted by molar-refractivity contribution is 7.12. The Morgan fingerprint density at radius 3 is 2.59 bits per heavy atom. The Balaban J connectivity index is 2.03. The lowest BCUT2D eigenvalue weighted by molar-refractivity contribution is 0.0952. The van der Waals surface area contributed by atoms with E-state index in [1.807, 2.05) is 41.8 Å². The molecular formula is C18H23NO2S. The van der Waals surface area contributed by atoms with Crippen LogP contribution < -0.4 is 5.32 Å². The average Bonchev–Trinajstić information content (AvgIpc) is 3.02. The van der Waals surface area contributed by atoms with Crippen molar-refractivity contribution in [2.45, 2.75) is 32.1 Å². The molecule has 1 atom stereocenters. The first-order chi connectivity index (χ1) is 10.6. The average molecular weight is 317 g/mol. The second-order valence-corrected chi connectivity index (χ2v) is 6.61. The normalized spacial score (nSPS) is 12.4. The molecule has 0 spiro atoms. The third-order valence-corrected chi connectivity index (χ3v) is 4.71. The fourth-order valence-corrected chi connectivity index (χ4v) is 3.49. The molecule has 0 radical (unpaired) electrons. The van der Waals surface area contributed by atoms with E-state index in [9.17, 15) is 9.90 Å². The topological polar surface area (TPSA) is 49.3 Å². The Morgan fingerprint density at radius 2 is 1.95 bits per heavy atom. The number of hydrogen-bond acceptors (Lipinski definition) is 3. The Hall–Kier alpha value is -1.65. The Morgan fingerprint density at radius 1 is 1.23 bits per heavy atom. The molecule has 0 saturated carbocycles. The number of carbonyl (C=O) groups is 1. The molecule has 0 aliphatic heterocycles. The molecule has 0 saturated heterocycles. The van der Waals surface area contributed by atoms with Gasteiger partial charge in [-0.1, -0.05) is 44.2 Å². The summed E-state index contributed by atoms with van der Waals surface area (Å²) in [4.78, 5) is 13.2. The van der Waals surface area contributed by atoms with Crippen LogP contribution in [-0.4, -0.2) is 24.2 Å². The van der Waals surface area contributed by atoms with Crippen molar-refractivity contribution in [3.8, 4) is 0 Å². The SMILES string of the molecule is CC(C)c1ccsc1C(=O)NCC(CCO)c1ccccc1. The van der Waals surface area contributed by atoms with Gasteiger partial charge in [0.1, 0.15) is 0 Å². The number of hydrogen-bond donors (Lipinski definition) is 2. The van der Waals surface area contributed by atoms with Gasteiger partial charge in [0.2, 0.25) is 0 Å². The Kier molecular flexibility index (Phi) is 6.16. The summed E-state index contributed by atoms with van der Waals surface area (Å²) in [6, 6.07) is 12.0. The summed E-state index contributed by atoms with van der Waals surface area (Å²) in [6.07, 6.45) is 0.645. The second kappa shape index (κ2) is 8.11. The van der Waals surface area contributed by atoms with E-state index >= 15 is 0 Å². The molecule has 22 heavy (non-hydrogen) atoms. The van der Waals surface area contributed by atoms with Crippen LogP contribution in [0.4, 0.5) is 0 Å². The highest BCUT2D eigenvalue weighted by atomic mass is 32.1. The molecule has 0 fully saturated rings. The Labute approximate surface area is 136 Å². The second-order valence-electron chi connectivity index (χ2n) is 5.69. The molecule has 2 N–H and O–H groups in total. The van der Waals surface area contributed by atoms with Gasteiger partial charge in [-0.3, -0.25) is 4.79 Å². The molecule has 0 aliphatic carbocycles. The van der Waals surface area contributed by atoms with Crippen molar-refractivity contribution in [3.63, 3.8) is 0 Å². The van der Waals surface area contributed by atoms with Crippen LogP contribution in [0.15, 0.2) is 41.8 Å². The van der Waals surface area contributed by atoms with Gasteiger partial charge in [0.25, 0.3) is 5.91 Å². The smallest absolute Gasteiger partial charge is 0.261 e. The molecule has 1 aromatic carbocycles. The fraction of sp³-hybridized carbons (Fsp3) is 0.389. The summed E-state index contributed by atoms with van der Waals surface area (Å²) in [7, 11) is 0. The molecule has 0 bridgehead atoms. The van der Waals surface area contributed by atoms with E-state index < -0.39 is 0 Å². The van der Waals surface area contributed by atoms with Gasteiger partial charge in [0.15, 0.2) is 0 Å². The summed E-state index contributed by atoms with van der Waals surface area (Å²) >= 11 is 1.49. The third kappa shape index (κ3) is 4.18. The largest absolute Gasteiger partial charge is 0.396 e. The summed E-state index contributed by atoms with van der Waals surface area (Å²) in [5.41, 5.74) is 2.24. The number of amides is 1. The van der Waals surface area contributed by atoms with Crippen molar-refractivity contribution in [2.75, 3.05) is 13.2 Å². The van der Waals surface area contributed by atoms with E-state index in [0.29, 0.717) is 18.9 Å². The van der Waals surface area contributed by atoms with Gasteiger partial charge in [0.05, 0.1) is 4.88 Å². The number of benzene rings is 1. The van der Waals surface area contributed by atoms with Crippen LogP contribution in [0.1, 0.15) is 52.9 Å². The van der Waals surface area contributed by atoms with Crippen LogP contribution in [-0.2, 0) is 0 Å². The van der Waals surface area contributed by atoms with Crippen molar-refractivity contribution >= 4 is 17.2 Å². The molecule has 1 aromatic heterocycles. The number of aliphatic hydroxyl groups is 1. The van der Waals surface area contributed by atoms with Gasteiger partial charge in [-0.05, 0) is 34.9 Å². The highest BCUT2D eigenvalue weighted by Crippen LogP contribution is 2.25. The van der Waals surface area contributed by atoms with E-state index in [4.69, 9.17) is 0 Å². The molecule has 1 heterocycles. The maximum atomic E-state index is 12.4. The first kappa shape index (κ1) is 16.7. The van der Waals surface area contributed by atoms with Crippen LogP contribution in [0.25, 0.3) is 0 Å². The van der Waals surface area contributed by atoms with Gasteiger partial charge >= 0.3 is 0 Å². The van der Waals surface area contributed by atoms with Crippen LogP contribution in [0.5, 0.6) is 0 Å². The maximum Gasteiger partial charge on any atom is 0.261 e. The zero-order valence-corrected chi connectivity index (χ0v) is 13.9. The van der Waals surface area contributed by atoms with Gasteiger partial charge < -0.3 is 10.4 Å². The van der Waals surface area contributed by atoms with Crippen molar-refractivity contribution in [3.05, 3.63) is 57.8 Å². The number of rotatable bonds is 7. The molecular weight excluding hydrogens is 294 g/mol. The van der Waals surface area contributed by atoms with Crippen molar-refractivity contribution < 1.29 is 9.90 Å². The predicted octanol–water partition coefficient (Wildman–Crippen LogP) is 3.77. The monoisotopic (exact) mass is 317 g/mol. The van der Waals surface area contributed by atoms with Gasteiger partial charge in [-0.2, -0.15) is 0 Å². The molecule has 2 rings (SSSR count). The van der Waals surface area contributed by atoms with Crippen LogP contribution in [0.2, 0.25) is 0 Å². The zero-order valence-electron chi connectivity index (χ0n) is 13.1. The van der Waals surface area contributed by atoms with E-state index in [1.165, 1.54) is 11.3 Å². The lowest BCUT2D eigenvalue weighted by Crippen LogP contribution is -2.29. The first-order valence-corrected chi connectivity index (χ1v) is 8.52. The molecule has 4 heteroatoms. The van der Waals surface area contributed by atoms with E-state index in [1.54, 1.807) is 0 Å². The summed E-state index contributed by atoms with van der Waals surface area (Å²) in [5, 5.41) is 14.2. The molecule has 2 aromatic rings. The minimum absolute atomic E-state index is 0.0161. The van der Waals surface area contributed by atoms with Crippen LogP contribution in [0.3, 0.4) is 0 Å². The molecule has 3 nitrogen and oxygen atoms in total. The summed E-state index contributed by atoms with van der Waals surface area (Å²) in [5.74, 6) is 0.463. The van der Waals surface area contributed by atoms with Crippen molar-refractivity contribution in [2.24, 2.45) is 0 Å². The molecule has 118 valence electrons. The van der Waals surface area contributed by atoms with Crippen LogP contribution in [0, 0.1) is 0 Å². The first-order valence-electron chi connectivity index (χ1n) is 7.64. The minimum atomic E-state index is -0.0161. The lowest BCUT2D eigenvalue weighted by atomic mass is 9.96. The quantitative estimate of drug-likeness (QED) is 0.817. The number of aliphatic hydroxyl groups excluding tert-OH is 1. The fourth-order valence-electron chi connectivity index (χ4n) is 2.52. The maximum absolute atomic E-state index is 12.4. The zero-order chi connectivity index (χ0) is 15.9. The number of carbonyl (C=O) groups excluding carboxylic acids is 1. The minimum Gasteiger partial charge on any atom is -0.396 e. The molecule has 1 unspecified atom stereocenters. The highest BCUT2D eigenvalue weighted by Gasteiger charge is 2.17. The van der Waals surface area contributed by atoms with E-state index in [2.05, 4.69) is 19.2 Å². The molecule has 1 amide bonds. The third-order valence-electron chi connectivity index (χ3n) is 3.78. The lowest BCUT2D eigenvalue weighted by Gasteiger charge is -2.17. The standard InChI is InChI=1S/C18H23NO2S/c1-13(2)16-9-11-22-17(16)18(21)19-12-15(8-10-20)14-6-4-3-5-7-14/h3-7,9,11,13,15,20H,8,10,12H2,1-2H3,(H,19,21). The van der Waals surface area contributed by atoms with Crippen molar-refractivity contribution in [1.82, 2.24) is 5.32 Å². The summed E-state index contributed by atoms with van der Waals surface area (Å²) in [6.45, 7) is 4.85. The van der Waals surface area contributed by atoms with Crippen molar-refractivity contribution in [1.29, 1.82) is 0 Å². The Bertz CT molecular complexity index is 592. The van der Waals surface area contributed by atoms with E-state index in [-0.39, 0.29) is 18.4 Å². The van der Waals surface area contributed by atoms with Gasteiger partial charge in [-0.25, -0.2) is 0 Å². The predicted molar refractivity (Wildman–Crippen MR) is 91.6 cm³/mol. The van der Waals surface area contributed by atoms with E-state index in [0.717, 1.165) is 16.0 Å². The number of nitrogens with one attached hydrogen (secondary N) is 1. The van der Waals surface area contributed by atoms with Gasteiger partial charge in [0, 0.05) is 19.1 Å². The number of thiophene rings is 1.